The van der Waals surface area contributed by atoms with E-state index in [1.54, 1.807) is 4.90 Å². The summed E-state index contributed by atoms with van der Waals surface area (Å²) < 4.78 is 5.30. The molecule has 6 heteroatoms. The maximum absolute atomic E-state index is 12.7. The SMILES string of the molecule is O=C(CC1C(=O)NCCN1C(=O)CC1CCCC1)OCCc1ccccc1. The predicted octanol–water partition coefficient (Wildman–Crippen LogP) is 2.07. The maximum atomic E-state index is 12.7. The van der Waals surface area contributed by atoms with Crippen molar-refractivity contribution in [3.8, 4) is 0 Å². The molecular formula is C21H28N2O4. The molecule has 1 atom stereocenters. The lowest BCUT2D eigenvalue weighted by Crippen LogP contribution is -2.58. The molecule has 0 radical (unpaired) electrons. The third-order valence-corrected chi connectivity index (χ3v) is 5.45. The molecule has 2 aliphatic rings. The fourth-order valence-corrected chi connectivity index (χ4v) is 3.94. The minimum absolute atomic E-state index is 0.0150. The zero-order valence-corrected chi connectivity index (χ0v) is 15.7. The van der Waals surface area contributed by atoms with E-state index in [0.29, 0.717) is 31.8 Å². The molecule has 0 aromatic heterocycles. The molecule has 1 N–H and O–H groups in total. The molecule has 1 heterocycles. The highest BCUT2D eigenvalue weighted by Crippen LogP contribution is 2.28. The second kappa shape index (κ2) is 9.53. The van der Waals surface area contributed by atoms with Crippen LogP contribution in [0.3, 0.4) is 0 Å². The first-order chi connectivity index (χ1) is 13.1. The Morgan fingerprint density at radius 3 is 2.59 bits per heavy atom. The Hall–Kier alpha value is -2.37. The Morgan fingerprint density at radius 1 is 1.11 bits per heavy atom. The van der Waals surface area contributed by atoms with Crippen molar-refractivity contribution in [3.63, 3.8) is 0 Å². The highest BCUT2D eigenvalue weighted by atomic mass is 16.5. The van der Waals surface area contributed by atoms with Gasteiger partial charge in [0.25, 0.3) is 0 Å². The molecule has 1 aromatic carbocycles. The summed E-state index contributed by atoms with van der Waals surface area (Å²) in [5, 5.41) is 2.76. The van der Waals surface area contributed by atoms with Gasteiger partial charge in [-0.2, -0.15) is 0 Å². The van der Waals surface area contributed by atoms with Crippen molar-refractivity contribution >= 4 is 17.8 Å². The molecule has 6 nitrogen and oxygen atoms in total. The summed E-state index contributed by atoms with van der Waals surface area (Å²) >= 11 is 0. The summed E-state index contributed by atoms with van der Waals surface area (Å²) in [6.07, 6.45) is 5.54. The summed E-state index contributed by atoms with van der Waals surface area (Å²) in [7, 11) is 0. The van der Waals surface area contributed by atoms with E-state index < -0.39 is 12.0 Å². The van der Waals surface area contributed by atoms with Crippen LogP contribution in [0.15, 0.2) is 30.3 Å². The maximum Gasteiger partial charge on any atom is 0.308 e. The van der Waals surface area contributed by atoms with Crippen LogP contribution >= 0.6 is 0 Å². The summed E-state index contributed by atoms with van der Waals surface area (Å²) in [6.45, 7) is 1.17. The van der Waals surface area contributed by atoms with Gasteiger partial charge in [0.05, 0.1) is 13.0 Å². The second-order valence-electron chi connectivity index (χ2n) is 7.41. The van der Waals surface area contributed by atoms with Crippen molar-refractivity contribution < 1.29 is 19.1 Å². The van der Waals surface area contributed by atoms with E-state index in [1.807, 2.05) is 30.3 Å². The number of esters is 1. The smallest absolute Gasteiger partial charge is 0.308 e. The molecule has 1 saturated heterocycles. The number of hydrogen-bond donors (Lipinski definition) is 1. The van der Waals surface area contributed by atoms with Crippen molar-refractivity contribution in [2.45, 2.75) is 51.0 Å². The van der Waals surface area contributed by atoms with Crippen LogP contribution in [0, 0.1) is 5.92 Å². The Balaban J connectivity index is 1.50. The van der Waals surface area contributed by atoms with E-state index in [2.05, 4.69) is 5.32 Å². The summed E-state index contributed by atoms with van der Waals surface area (Å²) in [4.78, 5) is 38.7. The number of carbonyl (C=O) groups excluding carboxylic acids is 3. The zero-order chi connectivity index (χ0) is 19.1. The zero-order valence-electron chi connectivity index (χ0n) is 15.7. The number of hydrogen-bond acceptors (Lipinski definition) is 4. The Kier molecular flexibility index (Phi) is 6.85. The first kappa shape index (κ1) is 19.4. The Bertz CT molecular complexity index is 655. The molecule has 1 aliphatic carbocycles. The molecule has 3 rings (SSSR count). The van der Waals surface area contributed by atoms with Gasteiger partial charge in [0.1, 0.15) is 6.04 Å². The number of nitrogens with zero attached hydrogens (tertiary/aromatic N) is 1. The lowest BCUT2D eigenvalue weighted by Gasteiger charge is -2.35. The third kappa shape index (κ3) is 5.55. The summed E-state index contributed by atoms with van der Waals surface area (Å²) in [6, 6.07) is 9.03. The number of nitrogens with one attached hydrogen (secondary N) is 1. The van der Waals surface area contributed by atoms with Crippen LogP contribution in [0.25, 0.3) is 0 Å². The standard InChI is InChI=1S/C21H28N2O4/c24-19(14-17-8-4-5-9-17)23-12-11-22-21(26)18(23)15-20(25)27-13-10-16-6-2-1-3-7-16/h1-3,6-7,17-18H,4-5,8-15H2,(H,22,26). The molecule has 1 saturated carbocycles. The molecule has 146 valence electrons. The van der Waals surface area contributed by atoms with Gasteiger partial charge in [0.15, 0.2) is 0 Å². The van der Waals surface area contributed by atoms with E-state index in [1.165, 1.54) is 12.8 Å². The lowest BCUT2D eigenvalue weighted by atomic mass is 10.0. The average molecular weight is 372 g/mol. The van der Waals surface area contributed by atoms with Gasteiger partial charge in [-0.3, -0.25) is 14.4 Å². The van der Waals surface area contributed by atoms with Gasteiger partial charge in [-0.1, -0.05) is 43.2 Å². The molecule has 2 fully saturated rings. The quantitative estimate of drug-likeness (QED) is 0.744. The Morgan fingerprint density at radius 2 is 1.85 bits per heavy atom. The van der Waals surface area contributed by atoms with Crippen molar-refractivity contribution in [3.05, 3.63) is 35.9 Å². The fraction of sp³-hybridized carbons (Fsp3) is 0.571. The molecule has 27 heavy (non-hydrogen) atoms. The van der Waals surface area contributed by atoms with E-state index in [0.717, 1.165) is 18.4 Å². The first-order valence-electron chi connectivity index (χ1n) is 9.90. The minimum Gasteiger partial charge on any atom is -0.465 e. The number of piperazine rings is 1. The summed E-state index contributed by atoms with van der Waals surface area (Å²) in [5.41, 5.74) is 1.09. The topological polar surface area (TPSA) is 75.7 Å². The van der Waals surface area contributed by atoms with Crippen LogP contribution < -0.4 is 5.32 Å². The van der Waals surface area contributed by atoms with Gasteiger partial charge in [-0.25, -0.2) is 0 Å². The predicted molar refractivity (Wildman–Crippen MR) is 101 cm³/mol. The van der Waals surface area contributed by atoms with Gasteiger partial charge < -0.3 is 15.0 Å². The summed E-state index contributed by atoms with van der Waals surface area (Å²) in [5.74, 6) is -0.299. The molecular weight excluding hydrogens is 344 g/mol. The van der Waals surface area contributed by atoms with Crippen molar-refractivity contribution in [2.75, 3.05) is 19.7 Å². The minimum atomic E-state index is -0.753. The molecule has 0 bridgehead atoms. The van der Waals surface area contributed by atoms with E-state index in [4.69, 9.17) is 4.74 Å². The second-order valence-corrected chi connectivity index (χ2v) is 7.41. The van der Waals surface area contributed by atoms with Crippen LogP contribution in [-0.2, 0) is 25.5 Å². The van der Waals surface area contributed by atoms with Crippen LogP contribution in [0.4, 0.5) is 0 Å². The van der Waals surface area contributed by atoms with Crippen LogP contribution in [0.5, 0.6) is 0 Å². The first-order valence-corrected chi connectivity index (χ1v) is 9.90. The van der Waals surface area contributed by atoms with E-state index in [-0.39, 0.29) is 24.8 Å². The van der Waals surface area contributed by atoms with Gasteiger partial charge >= 0.3 is 5.97 Å². The van der Waals surface area contributed by atoms with Crippen molar-refractivity contribution in [2.24, 2.45) is 5.92 Å². The van der Waals surface area contributed by atoms with Gasteiger partial charge in [-0.05, 0) is 24.3 Å². The normalized spacial score (nSPS) is 20.4. The van der Waals surface area contributed by atoms with E-state index in [9.17, 15) is 14.4 Å². The van der Waals surface area contributed by atoms with Gasteiger partial charge in [0, 0.05) is 25.9 Å². The van der Waals surface area contributed by atoms with Crippen LogP contribution in [-0.4, -0.2) is 48.4 Å². The number of rotatable bonds is 7. The number of ether oxygens (including phenoxy) is 1. The van der Waals surface area contributed by atoms with Crippen LogP contribution in [0.1, 0.15) is 44.1 Å². The van der Waals surface area contributed by atoms with Gasteiger partial charge in [0.2, 0.25) is 11.8 Å². The van der Waals surface area contributed by atoms with Crippen molar-refractivity contribution in [1.82, 2.24) is 10.2 Å². The average Bonchev–Trinajstić information content (AvgIpc) is 3.17. The lowest BCUT2D eigenvalue weighted by molar-refractivity contribution is -0.152. The van der Waals surface area contributed by atoms with Gasteiger partial charge in [-0.15, -0.1) is 0 Å². The molecule has 1 aliphatic heterocycles. The molecule has 0 spiro atoms. The highest BCUT2D eigenvalue weighted by molar-refractivity contribution is 5.92. The number of amides is 2. The molecule has 2 amide bonds. The van der Waals surface area contributed by atoms with Crippen LogP contribution in [0.2, 0.25) is 0 Å². The third-order valence-electron chi connectivity index (χ3n) is 5.45. The van der Waals surface area contributed by atoms with Crippen molar-refractivity contribution in [1.29, 1.82) is 0 Å². The number of benzene rings is 1. The molecule has 1 unspecified atom stereocenters. The Labute approximate surface area is 160 Å². The highest BCUT2D eigenvalue weighted by Gasteiger charge is 2.36. The number of carbonyl (C=O) groups is 3. The largest absolute Gasteiger partial charge is 0.465 e. The monoisotopic (exact) mass is 372 g/mol. The fourth-order valence-electron chi connectivity index (χ4n) is 3.94. The molecule has 1 aromatic rings. The van der Waals surface area contributed by atoms with E-state index >= 15 is 0 Å².